The first kappa shape index (κ1) is 16.4. The average molecular weight is 272 g/mol. The fourth-order valence-corrected chi connectivity index (χ4v) is 3.66. The maximum atomic E-state index is 3.72. The van der Waals surface area contributed by atoms with E-state index in [-0.39, 0.29) is 0 Å². The van der Waals surface area contributed by atoms with Crippen molar-refractivity contribution in [1.29, 1.82) is 0 Å². The van der Waals surface area contributed by atoms with Crippen molar-refractivity contribution in [3.63, 3.8) is 0 Å². The fraction of sp³-hybridized carbons (Fsp3) is 1.00. The molecule has 0 saturated heterocycles. The van der Waals surface area contributed by atoms with Gasteiger partial charge in [0.15, 0.2) is 0 Å². The third-order valence-corrected chi connectivity index (χ3v) is 5.54. The molecular weight excluding hydrogens is 238 g/mol. The second-order valence-corrected chi connectivity index (χ2v) is 8.37. The zero-order chi connectivity index (χ0) is 13.6. The first-order chi connectivity index (χ1) is 8.43. The summed E-state index contributed by atoms with van der Waals surface area (Å²) in [6.45, 7) is 13.0. The summed E-state index contributed by atoms with van der Waals surface area (Å²) in [4.78, 5) is 0. The molecule has 1 saturated carbocycles. The van der Waals surface area contributed by atoms with Crippen molar-refractivity contribution in [3.8, 4) is 0 Å². The van der Waals surface area contributed by atoms with Crippen LogP contribution in [0.2, 0.25) is 0 Å². The SMILES string of the molecule is CCSCC(C)NCC1CCC(C(C)(C)C)CC1. The Bertz CT molecular complexity index is 214. The Hall–Kier alpha value is 0.310. The minimum absolute atomic E-state index is 0.517. The van der Waals surface area contributed by atoms with Gasteiger partial charge in [0, 0.05) is 11.8 Å². The van der Waals surface area contributed by atoms with Gasteiger partial charge >= 0.3 is 0 Å². The molecule has 0 bridgehead atoms. The molecule has 108 valence electrons. The zero-order valence-electron chi connectivity index (χ0n) is 13.1. The van der Waals surface area contributed by atoms with E-state index in [2.05, 4.69) is 39.9 Å². The molecule has 0 spiro atoms. The van der Waals surface area contributed by atoms with Gasteiger partial charge in [-0.25, -0.2) is 0 Å². The van der Waals surface area contributed by atoms with E-state index in [4.69, 9.17) is 0 Å². The topological polar surface area (TPSA) is 12.0 Å². The van der Waals surface area contributed by atoms with Gasteiger partial charge in [-0.2, -0.15) is 11.8 Å². The quantitative estimate of drug-likeness (QED) is 0.759. The molecule has 1 aliphatic carbocycles. The molecular formula is C16H33NS. The van der Waals surface area contributed by atoms with Crippen LogP contribution in [0, 0.1) is 17.3 Å². The summed E-state index contributed by atoms with van der Waals surface area (Å²) >= 11 is 2.04. The molecule has 18 heavy (non-hydrogen) atoms. The molecule has 0 amide bonds. The van der Waals surface area contributed by atoms with Gasteiger partial charge in [-0.3, -0.25) is 0 Å². The van der Waals surface area contributed by atoms with Crippen LogP contribution in [-0.4, -0.2) is 24.1 Å². The van der Waals surface area contributed by atoms with Crippen molar-refractivity contribution in [2.75, 3.05) is 18.1 Å². The summed E-state index contributed by atoms with van der Waals surface area (Å²) in [5.74, 6) is 4.37. The standard InChI is InChI=1S/C16H33NS/c1-6-18-12-13(2)17-11-14-7-9-15(10-8-14)16(3,4)5/h13-15,17H,6-12H2,1-5H3. The molecule has 1 aliphatic rings. The monoisotopic (exact) mass is 271 g/mol. The zero-order valence-corrected chi connectivity index (χ0v) is 13.9. The summed E-state index contributed by atoms with van der Waals surface area (Å²) < 4.78 is 0. The van der Waals surface area contributed by atoms with Crippen molar-refractivity contribution >= 4 is 11.8 Å². The Morgan fingerprint density at radius 1 is 1.17 bits per heavy atom. The highest BCUT2D eigenvalue weighted by atomic mass is 32.2. The predicted octanol–water partition coefficient (Wildman–Crippen LogP) is 4.57. The Kier molecular flexibility index (Phi) is 7.08. The minimum atomic E-state index is 0.517. The number of hydrogen-bond donors (Lipinski definition) is 1. The van der Waals surface area contributed by atoms with E-state index in [1.165, 1.54) is 43.7 Å². The minimum Gasteiger partial charge on any atom is -0.313 e. The molecule has 0 aromatic heterocycles. The summed E-state index contributed by atoms with van der Waals surface area (Å²) in [5.41, 5.74) is 0.517. The lowest BCUT2D eigenvalue weighted by atomic mass is 9.70. The lowest BCUT2D eigenvalue weighted by molar-refractivity contribution is 0.148. The molecule has 1 atom stereocenters. The van der Waals surface area contributed by atoms with E-state index >= 15 is 0 Å². The summed E-state index contributed by atoms with van der Waals surface area (Å²) in [7, 11) is 0. The first-order valence-corrected chi connectivity index (χ1v) is 8.90. The Morgan fingerprint density at radius 2 is 1.78 bits per heavy atom. The Morgan fingerprint density at radius 3 is 2.28 bits per heavy atom. The van der Waals surface area contributed by atoms with Crippen LogP contribution in [0.3, 0.4) is 0 Å². The first-order valence-electron chi connectivity index (χ1n) is 7.74. The van der Waals surface area contributed by atoms with Gasteiger partial charge in [-0.15, -0.1) is 0 Å². The van der Waals surface area contributed by atoms with E-state index in [1.54, 1.807) is 0 Å². The Balaban J connectivity index is 2.16. The lowest BCUT2D eigenvalue weighted by Gasteiger charge is -2.37. The van der Waals surface area contributed by atoms with Crippen molar-refractivity contribution < 1.29 is 0 Å². The van der Waals surface area contributed by atoms with Gasteiger partial charge in [0.25, 0.3) is 0 Å². The predicted molar refractivity (Wildman–Crippen MR) is 85.4 cm³/mol. The largest absolute Gasteiger partial charge is 0.313 e. The van der Waals surface area contributed by atoms with Gasteiger partial charge in [0.2, 0.25) is 0 Å². The molecule has 1 rings (SSSR count). The van der Waals surface area contributed by atoms with Crippen LogP contribution < -0.4 is 5.32 Å². The Labute approximate surface area is 119 Å². The van der Waals surface area contributed by atoms with E-state index in [9.17, 15) is 0 Å². The summed E-state index contributed by atoms with van der Waals surface area (Å²) in [6.07, 6.45) is 5.74. The molecule has 1 fully saturated rings. The highest BCUT2D eigenvalue weighted by Crippen LogP contribution is 2.39. The highest BCUT2D eigenvalue weighted by molar-refractivity contribution is 7.99. The maximum Gasteiger partial charge on any atom is 0.0130 e. The molecule has 1 N–H and O–H groups in total. The molecule has 1 nitrogen and oxygen atoms in total. The maximum absolute atomic E-state index is 3.72. The molecule has 0 aromatic carbocycles. The van der Waals surface area contributed by atoms with Gasteiger partial charge in [-0.05, 0) is 62.2 Å². The van der Waals surface area contributed by atoms with Crippen LogP contribution in [0.15, 0.2) is 0 Å². The van der Waals surface area contributed by atoms with Crippen molar-refractivity contribution in [2.45, 2.75) is 66.3 Å². The smallest absolute Gasteiger partial charge is 0.0130 e. The van der Waals surface area contributed by atoms with Crippen molar-refractivity contribution in [3.05, 3.63) is 0 Å². The fourth-order valence-electron chi connectivity index (χ4n) is 2.95. The molecule has 0 heterocycles. The second-order valence-electron chi connectivity index (χ2n) is 7.05. The van der Waals surface area contributed by atoms with Crippen LogP contribution >= 0.6 is 11.8 Å². The van der Waals surface area contributed by atoms with Gasteiger partial charge in [-0.1, -0.05) is 27.7 Å². The lowest BCUT2D eigenvalue weighted by Crippen LogP contribution is -2.35. The summed E-state index contributed by atoms with van der Waals surface area (Å²) in [5, 5.41) is 3.72. The van der Waals surface area contributed by atoms with Crippen LogP contribution in [0.1, 0.15) is 60.3 Å². The highest BCUT2D eigenvalue weighted by Gasteiger charge is 2.29. The van der Waals surface area contributed by atoms with Crippen LogP contribution in [0.5, 0.6) is 0 Å². The number of rotatable bonds is 6. The van der Waals surface area contributed by atoms with E-state index in [1.807, 2.05) is 11.8 Å². The van der Waals surface area contributed by atoms with Gasteiger partial charge < -0.3 is 5.32 Å². The van der Waals surface area contributed by atoms with Crippen molar-refractivity contribution in [1.82, 2.24) is 5.32 Å². The van der Waals surface area contributed by atoms with Crippen LogP contribution in [0.25, 0.3) is 0 Å². The third-order valence-electron chi connectivity index (χ3n) is 4.40. The third kappa shape index (κ3) is 5.97. The van der Waals surface area contributed by atoms with E-state index in [0.717, 1.165) is 11.8 Å². The van der Waals surface area contributed by atoms with E-state index in [0.29, 0.717) is 11.5 Å². The summed E-state index contributed by atoms with van der Waals surface area (Å²) in [6, 6.07) is 0.676. The molecule has 1 unspecified atom stereocenters. The van der Waals surface area contributed by atoms with E-state index < -0.39 is 0 Å². The number of thioether (sulfide) groups is 1. The molecule has 0 aromatic rings. The van der Waals surface area contributed by atoms with Crippen LogP contribution in [0.4, 0.5) is 0 Å². The number of hydrogen-bond acceptors (Lipinski definition) is 2. The average Bonchev–Trinajstić information content (AvgIpc) is 2.33. The molecule has 0 radical (unpaired) electrons. The van der Waals surface area contributed by atoms with Gasteiger partial charge in [0.05, 0.1) is 0 Å². The van der Waals surface area contributed by atoms with Crippen LogP contribution in [-0.2, 0) is 0 Å². The molecule has 0 aliphatic heterocycles. The second kappa shape index (κ2) is 7.79. The van der Waals surface area contributed by atoms with Crippen molar-refractivity contribution in [2.24, 2.45) is 17.3 Å². The normalized spacial score (nSPS) is 27.2. The van der Waals surface area contributed by atoms with Gasteiger partial charge in [0.1, 0.15) is 0 Å². The molecule has 2 heteroatoms. The number of nitrogens with one attached hydrogen (secondary N) is 1.